The molecule has 1 saturated carbocycles. The summed E-state index contributed by atoms with van der Waals surface area (Å²) in [7, 11) is 3.96. The molecule has 0 radical (unpaired) electrons. The van der Waals surface area contributed by atoms with Crippen molar-refractivity contribution in [2.24, 2.45) is 28.8 Å². The first-order valence-corrected chi connectivity index (χ1v) is 8.44. The Morgan fingerprint density at radius 1 is 1.00 bits per heavy atom. The van der Waals surface area contributed by atoms with E-state index in [-0.39, 0.29) is 35.5 Å². The van der Waals surface area contributed by atoms with Crippen molar-refractivity contribution in [3.63, 3.8) is 0 Å². The first-order valence-electron chi connectivity index (χ1n) is 8.44. The Kier molecular flexibility index (Phi) is 3.52. The number of amides is 2. The van der Waals surface area contributed by atoms with E-state index in [1.54, 1.807) is 6.21 Å². The highest BCUT2D eigenvalue weighted by Gasteiger charge is 2.56. The molecule has 3 aliphatic carbocycles. The zero-order valence-electron chi connectivity index (χ0n) is 13.9. The predicted octanol–water partition coefficient (Wildman–Crippen LogP) is 2.28. The lowest BCUT2D eigenvalue weighted by atomic mass is 9.63. The molecule has 5 rings (SSSR count). The minimum absolute atomic E-state index is 0.134. The lowest BCUT2D eigenvalue weighted by molar-refractivity contribution is -0.140. The molecular weight excluding hydrogens is 302 g/mol. The Hall–Kier alpha value is -2.43. The predicted molar refractivity (Wildman–Crippen MR) is 92.6 cm³/mol. The summed E-state index contributed by atoms with van der Waals surface area (Å²) in [5.74, 6) is -0.258. The maximum atomic E-state index is 12.7. The van der Waals surface area contributed by atoms with Crippen LogP contribution in [0.25, 0.3) is 0 Å². The molecule has 5 nitrogen and oxygen atoms in total. The summed E-state index contributed by atoms with van der Waals surface area (Å²) in [6.45, 7) is 0. The number of hydrogen-bond donors (Lipinski definition) is 0. The maximum Gasteiger partial charge on any atom is 0.254 e. The summed E-state index contributed by atoms with van der Waals surface area (Å²) in [6, 6.07) is 7.84. The molecule has 0 spiro atoms. The van der Waals surface area contributed by atoms with Crippen LogP contribution in [0.2, 0.25) is 0 Å². The highest BCUT2D eigenvalue weighted by Crippen LogP contribution is 2.49. The average Bonchev–Trinajstić information content (AvgIpc) is 2.87. The lowest BCUT2D eigenvalue weighted by Crippen LogP contribution is -2.38. The van der Waals surface area contributed by atoms with E-state index < -0.39 is 0 Å². The lowest BCUT2D eigenvalue weighted by Gasteiger charge is -2.37. The summed E-state index contributed by atoms with van der Waals surface area (Å²) >= 11 is 0. The van der Waals surface area contributed by atoms with Crippen molar-refractivity contribution in [2.45, 2.75) is 12.8 Å². The number of benzene rings is 1. The van der Waals surface area contributed by atoms with Gasteiger partial charge in [0.1, 0.15) is 0 Å². The molecule has 1 aromatic rings. The monoisotopic (exact) mass is 323 g/mol. The first-order chi connectivity index (χ1) is 11.6. The number of hydrazone groups is 1. The van der Waals surface area contributed by atoms with Crippen LogP contribution >= 0.6 is 0 Å². The molecule has 5 heteroatoms. The summed E-state index contributed by atoms with van der Waals surface area (Å²) in [5, 5.41) is 5.32. The summed E-state index contributed by atoms with van der Waals surface area (Å²) in [4.78, 5) is 27.3. The number of carbonyl (C=O) groups is 2. The smallest absolute Gasteiger partial charge is 0.254 e. The Morgan fingerprint density at radius 2 is 1.54 bits per heavy atom. The Balaban J connectivity index is 1.55. The van der Waals surface area contributed by atoms with Crippen LogP contribution < -0.4 is 4.90 Å². The van der Waals surface area contributed by atoms with Gasteiger partial charge in [-0.15, -0.1) is 0 Å². The van der Waals surface area contributed by atoms with Gasteiger partial charge in [0.15, 0.2) is 0 Å². The SMILES string of the molecule is CN(C)c1ccc(C=NN2C(=O)C3C4C=CC(CC4)C3C2=O)cc1. The summed E-state index contributed by atoms with van der Waals surface area (Å²) in [5.41, 5.74) is 1.96. The minimum Gasteiger partial charge on any atom is -0.378 e. The second kappa shape index (κ2) is 5.58. The second-order valence-corrected chi connectivity index (χ2v) is 7.06. The number of allylic oxidation sites excluding steroid dienone is 2. The Bertz CT molecular complexity index is 703. The van der Waals surface area contributed by atoms with Crippen LogP contribution in [0.5, 0.6) is 0 Å². The van der Waals surface area contributed by atoms with Crippen LogP contribution in [-0.4, -0.2) is 37.1 Å². The molecule has 4 aliphatic rings. The van der Waals surface area contributed by atoms with E-state index in [9.17, 15) is 9.59 Å². The quantitative estimate of drug-likeness (QED) is 0.487. The number of rotatable bonds is 3. The summed E-state index contributed by atoms with van der Waals surface area (Å²) in [6.07, 6.45) is 7.85. The molecule has 1 aromatic carbocycles. The third-order valence-electron chi connectivity index (χ3n) is 5.47. The van der Waals surface area contributed by atoms with E-state index in [4.69, 9.17) is 0 Å². The third-order valence-corrected chi connectivity index (χ3v) is 5.47. The third kappa shape index (κ3) is 2.27. The largest absolute Gasteiger partial charge is 0.378 e. The molecule has 0 N–H and O–H groups in total. The van der Waals surface area contributed by atoms with Crippen LogP contribution in [0.4, 0.5) is 5.69 Å². The number of fused-ring (bicyclic) bond motifs is 1. The van der Waals surface area contributed by atoms with Crippen LogP contribution in [0.15, 0.2) is 41.5 Å². The summed E-state index contributed by atoms with van der Waals surface area (Å²) < 4.78 is 0. The highest BCUT2D eigenvalue weighted by molar-refractivity contribution is 6.06. The molecule has 124 valence electrons. The molecule has 24 heavy (non-hydrogen) atoms. The molecule has 2 bridgehead atoms. The minimum atomic E-state index is -0.200. The van der Waals surface area contributed by atoms with Gasteiger partial charge in [0.05, 0.1) is 18.1 Å². The van der Waals surface area contributed by atoms with Crippen LogP contribution in [0.1, 0.15) is 18.4 Å². The fraction of sp³-hybridized carbons (Fsp3) is 0.421. The van der Waals surface area contributed by atoms with Crippen molar-refractivity contribution >= 4 is 23.7 Å². The topological polar surface area (TPSA) is 53.0 Å². The van der Waals surface area contributed by atoms with Crippen molar-refractivity contribution in [2.75, 3.05) is 19.0 Å². The van der Waals surface area contributed by atoms with Gasteiger partial charge in [-0.3, -0.25) is 9.59 Å². The van der Waals surface area contributed by atoms with E-state index in [2.05, 4.69) is 17.3 Å². The first kappa shape index (κ1) is 15.1. The number of imide groups is 1. The molecule has 0 aromatic heterocycles. The van der Waals surface area contributed by atoms with E-state index in [1.807, 2.05) is 43.3 Å². The molecule has 4 unspecified atom stereocenters. The number of nitrogens with zero attached hydrogens (tertiary/aromatic N) is 3. The van der Waals surface area contributed by atoms with Gasteiger partial charge in [0.2, 0.25) is 0 Å². The van der Waals surface area contributed by atoms with Gasteiger partial charge < -0.3 is 4.90 Å². The van der Waals surface area contributed by atoms with Gasteiger partial charge in [-0.05, 0) is 42.4 Å². The van der Waals surface area contributed by atoms with Crippen molar-refractivity contribution in [3.05, 3.63) is 42.0 Å². The molecular formula is C19H21N3O2. The number of anilines is 1. The molecule has 4 atom stereocenters. The van der Waals surface area contributed by atoms with Gasteiger partial charge in [0.25, 0.3) is 11.8 Å². The van der Waals surface area contributed by atoms with Gasteiger partial charge in [-0.25, -0.2) is 0 Å². The zero-order valence-corrected chi connectivity index (χ0v) is 13.9. The van der Waals surface area contributed by atoms with Gasteiger partial charge in [-0.2, -0.15) is 10.1 Å². The Labute approximate surface area is 141 Å². The molecule has 2 fully saturated rings. The van der Waals surface area contributed by atoms with Gasteiger partial charge >= 0.3 is 0 Å². The number of hydrogen-bond acceptors (Lipinski definition) is 4. The standard InChI is InChI=1S/C19H21N3O2/c1-21(2)15-9-3-12(4-10-15)11-20-22-18(23)16-13-5-6-14(8-7-13)17(16)19(22)24/h3-6,9-11,13-14,16-17H,7-8H2,1-2H3. The molecule has 2 amide bonds. The van der Waals surface area contributed by atoms with Gasteiger partial charge in [-0.1, -0.05) is 24.3 Å². The fourth-order valence-corrected chi connectivity index (χ4v) is 4.16. The van der Waals surface area contributed by atoms with Crippen molar-refractivity contribution in [1.82, 2.24) is 5.01 Å². The normalized spacial score (nSPS) is 31.2. The van der Waals surface area contributed by atoms with Gasteiger partial charge in [0, 0.05) is 19.8 Å². The zero-order chi connectivity index (χ0) is 16.8. The van der Waals surface area contributed by atoms with E-state index in [0.29, 0.717) is 0 Å². The average molecular weight is 323 g/mol. The number of carbonyl (C=O) groups excluding carboxylic acids is 2. The van der Waals surface area contributed by atoms with Crippen molar-refractivity contribution in [3.8, 4) is 0 Å². The van der Waals surface area contributed by atoms with Crippen LogP contribution in [0.3, 0.4) is 0 Å². The molecule has 1 saturated heterocycles. The molecule has 1 aliphatic heterocycles. The van der Waals surface area contributed by atoms with Crippen LogP contribution in [-0.2, 0) is 9.59 Å². The van der Waals surface area contributed by atoms with E-state index >= 15 is 0 Å². The second-order valence-electron chi connectivity index (χ2n) is 7.06. The van der Waals surface area contributed by atoms with Crippen molar-refractivity contribution in [1.29, 1.82) is 0 Å². The fourth-order valence-electron chi connectivity index (χ4n) is 4.16. The Morgan fingerprint density at radius 3 is 2.00 bits per heavy atom. The van der Waals surface area contributed by atoms with E-state index in [0.717, 1.165) is 29.1 Å². The maximum absolute atomic E-state index is 12.7. The van der Waals surface area contributed by atoms with Crippen LogP contribution in [0, 0.1) is 23.7 Å². The van der Waals surface area contributed by atoms with E-state index in [1.165, 1.54) is 0 Å². The highest BCUT2D eigenvalue weighted by atomic mass is 16.2. The van der Waals surface area contributed by atoms with Crippen molar-refractivity contribution < 1.29 is 9.59 Å². The molecule has 1 heterocycles.